The number of hydrogen-bond donors (Lipinski definition) is 1. The minimum absolute atomic E-state index is 0.0106. The molecule has 0 atom stereocenters. The van der Waals surface area contributed by atoms with Crippen LogP contribution in [0.25, 0.3) is 0 Å². The fourth-order valence-corrected chi connectivity index (χ4v) is 5.33. The smallest absolute Gasteiger partial charge is 0.302 e. The Bertz CT molecular complexity index is 1270. The van der Waals surface area contributed by atoms with Gasteiger partial charge in [0.15, 0.2) is 20.7 Å². The molecule has 0 saturated carbocycles. The summed E-state index contributed by atoms with van der Waals surface area (Å²) in [5.41, 5.74) is 0.880. The number of fused-ring (bicyclic) bond motifs is 1. The fraction of sp³-hybridized carbons (Fsp3) is 0.333. The minimum Gasteiger partial charge on any atom is -0.302 e. The number of halogens is 3. The third-order valence-corrected chi connectivity index (χ3v) is 7.94. The van der Waals surface area contributed by atoms with Crippen molar-refractivity contribution in [1.29, 1.82) is 0 Å². The maximum absolute atomic E-state index is 12.6. The van der Waals surface area contributed by atoms with Gasteiger partial charge in [0, 0.05) is 24.5 Å². The lowest BCUT2D eigenvalue weighted by Gasteiger charge is -2.14. The van der Waals surface area contributed by atoms with Crippen molar-refractivity contribution in [1.82, 2.24) is 20.1 Å². The average molecular weight is 512 g/mol. The van der Waals surface area contributed by atoms with Crippen LogP contribution >= 0.6 is 11.3 Å². The summed E-state index contributed by atoms with van der Waals surface area (Å²) < 4.78 is 61.6. The molecule has 0 radical (unpaired) electrons. The Hall–Kier alpha value is -2.90. The SMILES string of the molecule is CCS(=O)(=O)c1ccc(CC(=O)Nc2nc3c(s2)CN(Cc2ccc(C(F)(F)F)nn2)C3)cc1. The van der Waals surface area contributed by atoms with E-state index in [0.717, 1.165) is 16.6 Å². The number of carbonyl (C=O) groups excluding carboxylic acids is 1. The van der Waals surface area contributed by atoms with Crippen LogP contribution in [0.1, 0.15) is 34.4 Å². The normalized spacial score (nSPS) is 14.2. The number of anilines is 1. The number of hydrogen-bond acceptors (Lipinski definition) is 8. The van der Waals surface area contributed by atoms with E-state index in [9.17, 15) is 26.4 Å². The first-order valence-electron chi connectivity index (χ1n) is 10.3. The number of nitrogens with zero attached hydrogens (tertiary/aromatic N) is 4. The summed E-state index contributed by atoms with van der Waals surface area (Å²) in [7, 11) is -3.29. The van der Waals surface area contributed by atoms with Crippen LogP contribution in [-0.2, 0) is 46.9 Å². The van der Waals surface area contributed by atoms with Crippen molar-refractivity contribution in [2.75, 3.05) is 11.1 Å². The Balaban J connectivity index is 1.30. The molecular formula is C21H20F3N5O3S2. The van der Waals surface area contributed by atoms with E-state index in [2.05, 4.69) is 20.5 Å². The second-order valence-electron chi connectivity index (χ2n) is 7.71. The van der Waals surface area contributed by atoms with Gasteiger partial charge in [0.25, 0.3) is 0 Å². The zero-order chi connectivity index (χ0) is 24.5. The molecule has 3 heterocycles. The maximum atomic E-state index is 12.6. The summed E-state index contributed by atoms with van der Waals surface area (Å²) >= 11 is 1.34. The molecule has 1 N–H and O–H groups in total. The van der Waals surface area contributed by atoms with Gasteiger partial charge in [0.2, 0.25) is 5.91 Å². The molecule has 180 valence electrons. The molecule has 2 aromatic heterocycles. The molecule has 0 fully saturated rings. The van der Waals surface area contributed by atoms with E-state index in [-0.39, 0.29) is 23.0 Å². The Morgan fingerprint density at radius 2 is 1.85 bits per heavy atom. The van der Waals surface area contributed by atoms with E-state index in [1.54, 1.807) is 19.1 Å². The van der Waals surface area contributed by atoms with Crippen LogP contribution in [0.3, 0.4) is 0 Å². The third kappa shape index (κ3) is 5.59. The number of nitrogens with one attached hydrogen (secondary N) is 1. The van der Waals surface area contributed by atoms with Gasteiger partial charge in [-0.15, -0.1) is 16.4 Å². The minimum atomic E-state index is -4.52. The molecule has 1 aromatic carbocycles. The van der Waals surface area contributed by atoms with Gasteiger partial charge in [-0.05, 0) is 29.8 Å². The lowest BCUT2D eigenvalue weighted by Crippen LogP contribution is -2.18. The zero-order valence-electron chi connectivity index (χ0n) is 18.0. The monoisotopic (exact) mass is 511 g/mol. The van der Waals surface area contributed by atoms with Gasteiger partial charge in [0.05, 0.1) is 28.5 Å². The van der Waals surface area contributed by atoms with E-state index in [1.165, 1.54) is 29.5 Å². The summed E-state index contributed by atoms with van der Waals surface area (Å²) in [6, 6.07) is 8.45. The maximum Gasteiger partial charge on any atom is 0.435 e. The third-order valence-electron chi connectivity index (χ3n) is 5.19. The van der Waals surface area contributed by atoms with Crippen molar-refractivity contribution in [2.45, 2.75) is 44.1 Å². The Morgan fingerprint density at radius 1 is 1.12 bits per heavy atom. The van der Waals surface area contributed by atoms with Crippen molar-refractivity contribution in [3.63, 3.8) is 0 Å². The van der Waals surface area contributed by atoms with Gasteiger partial charge in [-0.2, -0.15) is 18.3 Å². The van der Waals surface area contributed by atoms with Crippen LogP contribution in [0.5, 0.6) is 0 Å². The molecule has 1 aliphatic heterocycles. The Morgan fingerprint density at radius 3 is 2.44 bits per heavy atom. The van der Waals surface area contributed by atoms with Gasteiger partial charge in [-0.1, -0.05) is 19.1 Å². The Kier molecular flexibility index (Phi) is 6.69. The molecule has 0 spiro atoms. The molecular weight excluding hydrogens is 491 g/mol. The number of amides is 1. The summed E-state index contributed by atoms with van der Waals surface area (Å²) in [5, 5.41) is 10.1. The zero-order valence-corrected chi connectivity index (χ0v) is 19.6. The molecule has 0 bridgehead atoms. The quantitative estimate of drug-likeness (QED) is 0.518. The highest BCUT2D eigenvalue weighted by Crippen LogP contribution is 2.32. The number of benzene rings is 1. The van der Waals surface area contributed by atoms with E-state index in [4.69, 9.17) is 0 Å². The largest absolute Gasteiger partial charge is 0.435 e. The topological polar surface area (TPSA) is 105 Å². The first-order chi connectivity index (χ1) is 16.0. The van der Waals surface area contributed by atoms with Crippen LogP contribution < -0.4 is 5.32 Å². The fourth-order valence-electron chi connectivity index (χ4n) is 3.42. The summed E-state index contributed by atoms with van der Waals surface area (Å²) in [6.07, 6.45) is -4.44. The molecule has 13 heteroatoms. The van der Waals surface area contributed by atoms with Crippen molar-refractivity contribution >= 4 is 32.2 Å². The predicted octanol–water partition coefficient (Wildman–Crippen LogP) is 3.44. The standard InChI is InChI=1S/C21H20F3N5O3S2/c1-2-34(31,32)15-6-3-13(4-7-15)9-19(30)26-20-25-16-11-29(12-17(16)33-20)10-14-5-8-18(28-27-14)21(22,23)24/h3-8H,2,9-12H2,1H3,(H,25,26,30). The van der Waals surface area contributed by atoms with Gasteiger partial charge in [0.1, 0.15) is 0 Å². The van der Waals surface area contributed by atoms with Gasteiger partial charge in [-0.3, -0.25) is 9.69 Å². The van der Waals surface area contributed by atoms with Crippen LogP contribution in [-0.4, -0.2) is 40.2 Å². The average Bonchev–Trinajstić information content (AvgIpc) is 3.31. The Labute approximate surface area is 197 Å². The molecule has 0 saturated heterocycles. The number of aromatic nitrogens is 3. The van der Waals surface area contributed by atoms with E-state index >= 15 is 0 Å². The summed E-state index contributed by atoms with van der Waals surface area (Å²) in [6.45, 7) is 2.93. The highest BCUT2D eigenvalue weighted by molar-refractivity contribution is 7.91. The number of carbonyl (C=O) groups is 1. The summed E-state index contributed by atoms with van der Waals surface area (Å²) in [4.78, 5) is 20.0. The molecule has 0 aliphatic carbocycles. The van der Waals surface area contributed by atoms with Gasteiger partial charge >= 0.3 is 6.18 Å². The first-order valence-corrected chi connectivity index (χ1v) is 12.7. The van der Waals surface area contributed by atoms with Crippen LogP contribution in [0.4, 0.5) is 18.3 Å². The van der Waals surface area contributed by atoms with Crippen molar-refractivity contribution < 1.29 is 26.4 Å². The van der Waals surface area contributed by atoms with Crippen molar-refractivity contribution in [3.8, 4) is 0 Å². The lowest BCUT2D eigenvalue weighted by molar-refractivity contribution is -0.141. The molecule has 3 aromatic rings. The van der Waals surface area contributed by atoms with E-state index in [1.807, 2.05) is 4.90 Å². The van der Waals surface area contributed by atoms with E-state index < -0.39 is 21.7 Å². The lowest BCUT2D eigenvalue weighted by atomic mass is 10.1. The second kappa shape index (κ2) is 9.39. The molecule has 34 heavy (non-hydrogen) atoms. The van der Waals surface area contributed by atoms with Gasteiger partial charge < -0.3 is 5.32 Å². The molecule has 0 unspecified atom stereocenters. The van der Waals surface area contributed by atoms with Crippen molar-refractivity contribution in [2.24, 2.45) is 0 Å². The van der Waals surface area contributed by atoms with Gasteiger partial charge in [-0.25, -0.2) is 13.4 Å². The van der Waals surface area contributed by atoms with Crippen LogP contribution in [0.15, 0.2) is 41.3 Å². The highest BCUT2D eigenvalue weighted by atomic mass is 32.2. The highest BCUT2D eigenvalue weighted by Gasteiger charge is 2.33. The second-order valence-corrected chi connectivity index (χ2v) is 11.1. The number of sulfone groups is 1. The van der Waals surface area contributed by atoms with Crippen molar-refractivity contribution in [3.05, 3.63) is 63.9 Å². The van der Waals surface area contributed by atoms with Crippen LogP contribution in [0.2, 0.25) is 0 Å². The summed E-state index contributed by atoms with van der Waals surface area (Å²) in [5.74, 6) is -0.258. The van der Waals surface area contributed by atoms with E-state index in [0.29, 0.717) is 36.0 Å². The predicted molar refractivity (Wildman–Crippen MR) is 119 cm³/mol. The number of alkyl halides is 3. The molecule has 1 amide bonds. The van der Waals surface area contributed by atoms with Crippen LogP contribution in [0, 0.1) is 0 Å². The molecule has 1 aliphatic rings. The first kappa shape index (κ1) is 24.2. The number of rotatable bonds is 7. The molecule has 8 nitrogen and oxygen atoms in total. The number of thiazole rings is 1. The molecule has 4 rings (SSSR count).